The molecule has 4 heteroatoms. The van der Waals surface area contributed by atoms with Gasteiger partial charge in [0.25, 0.3) is 0 Å². The Bertz CT molecular complexity index is 364. The minimum absolute atomic E-state index is 0.628. The highest BCUT2D eigenvalue weighted by Gasteiger charge is 2.13. The first-order valence-electron chi connectivity index (χ1n) is 6.17. The minimum Gasteiger partial charge on any atom is -0.486 e. The van der Waals surface area contributed by atoms with Gasteiger partial charge in [-0.05, 0) is 31.4 Å². The molecule has 1 aromatic rings. The van der Waals surface area contributed by atoms with Crippen molar-refractivity contribution in [3.63, 3.8) is 0 Å². The van der Waals surface area contributed by atoms with Crippen LogP contribution in [0.25, 0.3) is 0 Å². The Balaban J connectivity index is 1.79. The molecular formula is C13H18Cl2NO+. The van der Waals surface area contributed by atoms with Gasteiger partial charge in [0.15, 0.2) is 0 Å². The molecule has 2 rings (SSSR count). The molecule has 1 heterocycles. The van der Waals surface area contributed by atoms with Crippen LogP contribution in [-0.2, 0) is 0 Å². The van der Waals surface area contributed by atoms with Gasteiger partial charge >= 0.3 is 0 Å². The van der Waals surface area contributed by atoms with E-state index in [1.54, 1.807) is 23.1 Å². The molecule has 0 radical (unpaired) electrons. The molecule has 0 bridgehead atoms. The zero-order valence-electron chi connectivity index (χ0n) is 9.85. The van der Waals surface area contributed by atoms with Crippen molar-refractivity contribution >= 4 is 23.2 Å². The van der Waals surface area contributed by atoms with Crippen LogP contribution >= 0.6 is 23.2 Å². The van der Waals surface area contributed by atoms with Crippen LogP contribution in [0, 0.1) is 0 Å². The maximum absolute atomic E-state index is 6.03. The van der Waals surface area contributed by atoms with E-state index in [4.69, 9.17) is 27.9 Å². The van der Waals surface area contributed by atoms with Crippen LogP contribution in [0.1, 0.15) is 19.3 Å². The highest BCUT2D eigenvalue weighted by Crippen LogP contribution is 2.27. The highest BCUT2D eigenvalue weighted by molar-refractivity contribution is 6.34. The summed E-state index contributed by atoms with van der Waals surface area (Å²) in [7, 11) is 0. The topological polar surface area (TPSA) is 13.7 Å². The van der Waals surface area contributed by atoms with Crippen molar-refractivity contribution in [2.75, 3.05) is 26.2 Å². The van der Waals surface area contributed by atoms with Gasteiger partial charge < -0.3 is 9.64 Å². The van der Waals surface area contributed by atoms with Crippen molar-refractivity contribution < 1.29 is 9.64 Å². The number of halogens is 2. The van der Waals surface area contributed by atoms with Crippen molar-refractivity contribution in [1.82, 2.24) is 0 Å². The van der Waals surface area contributed by atoms with E-state index < -0.39 is 0 Å². The van der Waals surface area contributed by atoms with Crippen molar-refractivity contribution in [2.45, 2.75) is 19.3 Å². The summed E-state index contributed by atoms with van der Waals surface area (Å²) in [5.74, 6) is 0.690. The molecule has 1 fully saturated rings. The van der Waals surface area contributed by atoms with E-state index in [-0.39, 0.29) is 0 Å². The van der Waals surface area contributed by atoms with E-state index in [1.165, 1.54) is 32.4 Å². The average molecular weight is 275 g/mol. The predicted octanol–water partition coefficient (Wildman–Crippen LogP) is 2.44. The smallest absolute Gasteiger partial charge is 0.139 e. The Morgan fingerprint density at radius 2 is 1.88 bits per heavy atom. The number of likely N-dealkylation sites (tertiary alicyclic amines) is 1. The summed E-state index contributed by atoms with van der Waals surface area (Å²) >= 11 is 11.9. The molecule has 0 saturated carbocycles. The largest absolute Gasteiger partial charge is 0.486 e. The third-order valence-electron chi connectivity index (χ3n) is 3.17. The van der Waals surface area contributed by atoms with E-state index in [0.717, 1.165) is 6.54 Å². The first-order chi connectivity index (χ1) is 8.25. The molecule has 2 nitrogen and oxygen atoms in total. The van der Waals surface area contributed by atoms with Crippen LogP contribution in [-0.4, -0.2) is 26.2 Å². The van der Waals surface area contributed by atoms with Gasteiger partial charge in [-0.2, -0.15) is 0 Å². The van der Waals surface area contributed by atoms with E-state index in [0.29, 0.717) is 22.4 Å². The summed E-state index contributed by atoms with van der Waals surface area (Å²) in [6.45, 7) is 4.29. The van der Waals surface area contributed by atoms with Gasteiger partial charge in [0, 0.05) is 11.1 Å². The van der Waals surface area contributed by atoms with E-state index in [1.807, 2.05) is 0 Å². The average Bonchev–Trinajstić information content (AvgIpc) is 2.35. The number of nitrogens with one attached hydrogen (secondary N) is 1. The Morgan fingerprint density at radius 1 is 1.12 bits per heavy atom. The number of benzene rings is 1. The predicted molar refractivity (Wildman–Crippen MR) is 71.4 cm³/mol. The minimum atomic E-state index is 0.628. The first-order valence-corrected chi connectivity index (χ1v) is 6.93. The summed E-state index contributed by atoms with van der Waals surface area (Å²) in [6, 6.07) is 5.31. The lowest BCUT2D eigenvalue weighted by molar-refractivity contribution is -0.904. The standard InChI is InChI=1S/C13H17Cl2NO/c14-11-4-5-12(15)13(10-11)17-9-8-16-6-2-1-3-7-16/h4-5,10H,1-3,6-9H2/p+1. The van der Waals surface area contributed by atoms with Crippen molar-refractivity contribution in [3.05, 3.63) is 28.2 Å². The number of hydrogen-bond acceptors (Lipinski definition) is 1. The number of quaternary nitrogens is 1. The van der Waals surface area contributed by atoms with Gasteiger partial charge in [0.05, 0.1) is 18.1 Å². The number of rotatable bonds is 4. The van der Waals surface area contributed by atoms with Gasteiger partial charge in [0.1, 0.15) is 18.9 Å². The molecule has 1 aromatic carbocycles. The molecular weight excluding hydrogens is 257 g/mol. The molecule has 17 heavy (non-hydrogen) atoms. The maximum Gasteiger partial charge on any atom is 0.139 e. The zero-order chi connectivity index (χ0) is 12.1. The summed E-state index contributed by atoms with van der Waals surface area (Å²) in [5, 5.41) is 1.29. The van der Waals surface area contributed by atoms with Crippen LogP contribution in [0.2, 0.25) is 10.0 Å². The van der Waals surface area contributed by atoms with Gasteiger partial charge in [-0.1, -0.05) is 23.2 Å². The van der Waals surface area contributed by atoms with Crippen LogP contribution in [0.3, 0.4) is 0 Å². The molecule has 1 saturated heterocycles. The fourth-order valence-corrected chi connectivity index (χ4v) is 2.53. The lowest BCUT2D eigenvalue weighted by Gasteiger charge is -2.23. The molecule has 1 N–H and O–H groups in total. The van der Waals surface area contributed by atoms with Gasteiger partial charge in [-0.15, -0.1) is 0 Å². The molecule has 94 valence electrons. The summed E-state index contributed by atoms with van der Waals surface area (Å²) in [4.78, 5) is 1.63. The number of ether oxygens (including phenoxy) is 1. The van der Waals surface area contributed by atoms with Crippen LogP contribution in [0.5, 0.6) is 5.75 Å². The zero-order valence-corrected chi connectivity index (χ0v) is 11.4. The second kappa shape index (κ2) is 6.48. The molecule has 0 amide bonds. The first kappa shape index (κ1) is 13.0. The molecule has 0 spiro atoms. The summed E-state index contributed by atoms with van der Waals surface area (Å²) in [5.41, 5.74) is 0. The molecule has 0 unspecified atom stereocenters. The second-order valence-corrected chi connectivity index (χ2v) is 5.33. The van der Waals surface area contributed by atoms with E-state index >= 15 is 0 Å². The maximum atomic E-state index is 6.03. The monoisotopic (exact) mass is 274 g/mol. The molecule has 0 atom stereocenters. The Hall–Kier alpha value is -0.440. The van der Waals surface area contributed by atoms with Crippen LogP contribution < -0.4 is 9.64 Å². The molecule has 0 aliphatic carbocycles. The van der Waals surface area contributed by atoms with Crippen molar-refractivity contribution in [2.24, 2.45) is 0 Å². The normalized spacial score (nSPS) is 17.1. The molecule has 1 aliphatic rings. The van der Waals surface area contributed by atoms with Crippen LogP contribution in [0.4, 0.5) is 0 Å². The fraction of sp³-hybridized carbons (Fsp3) is 0.538. The number of piperidine rings is 1. The SMILES string of the molecule is Clc1ccc(Cl)c(OCC[NH+]2CCCCC2)c1. The number of hydrogen-bond donors (Lipinski definition) is 1. The molecule has 1 aliphatic heterocycles. The Morgan fingerprint density at radius 3 is 2.65 bits per heavy atom. The van der Waals surface area contributed by atoms with Gasteiger partial charge in [-0.3, -0.25) is 0 Å². The van der Waals surface area contributed by atoms with Crippen molar-refractivity contribution in [3.8, 4) is 5.75 Å². The van der Waals surface area contributed by atoms with Crippen LogP contribution in [0.15, 0.2) is 18.2 Å². The van der Waals surface area contributed by atoms with E-state index in [2.05, 4.69) is 0 Å². The Kier molecular flexibility index (Phi) is 4.96. The van der Waals surface area contributed by atoms with E-state index in [9.17, 15) is 0 Å². The Labute approximate surface area is 112 Å². The van der Waals surface area contributed by atoms with Crippen molar-refractivity contribution in [1.29, 1.82) is 0 Å². The summed E-state index contributed by atoms with van der Waals surface area (Å²) in [6.07, 6.45) is 4.06. The van der Waals surface area contributed by atoms with Gasteiger partial charge in [0.2, 0.25) is 0 Å². The lowest BCUT2D eigenvalue weighted by atomic mass is 10.1. The lowest BCUT2D eigenvalue weighted by Crippen LogP contribution is -3.13. The second-order valence-electron chi connectivity index (χ2n) is 4.48. The summed E-state index contributed by atoms with van der Waals surface area (Å²) < 4.78 is 5.68. The quantitative estimate of drug-likeness (QED) is 0.891. The third-order valence-corrected chi connectivity index (χ3v) is 3.71. The van der Waals surface area contributed by atoms with Gasteiger partial charge in [-0.25, -0.2) is 0 Å². The fourth-order valence-electron chi connectivity index (χ4n) is 2.19. The highest BCUT2D eigenvalue weighted by atomic mass is 35.5. The molecule has 0 aromatic heterocycles. The third kappa shape index (κ3) is 4.06.